The normalized spacial score (nSPS) is 13.2. The van der Waals surface area contributed by atoms with Crippen LogP contribution in [0.3, 0.4) is 0 Å². The average molecular weight is 503 g/mol. The first-order valence-corrected chi connectivity index (χ1v) is 11.5. The molecule has 0 fully saturated rings. The van der Waals surface area contributed by atoms with Crippen molar-refractivity contribution >= 4 is 36.9 Å². The van der Waals surface area contributed by atoms with Gasteiger partial charge in [-0.15, -0.1) is 0 Å². The Balaban J connectivity index is 2.56. The lowest BCUT2D eigenvalue weighted by atomic mass is 10.1. The van der Waals surface area contributed by atoms with Crippen molar-refractivity contribution in [1.29, 1.82) is 0 Å². The fourth-order valence-electron chi connectivity index (χ4n) is 2.71. The summed E-state index contributed by atoms with van der Waals surface area (Å²) in [6.07, 6.45) is -4.32. The van der Waals surface area contributed by atoms with Crippen LogP contribution >= 0.6 is 30.8 Å². The summed E-state index contributed by atoms with van der Waals surface area (Å²) in [7, 11) is -2.63. The van der Waals surface area contributed by atoms with Crippen LogP contribution in [0.4, 0.5) is 17.6 Å². The number of aryl methyl sites for hydroxylation is 1. The van der Waals surface area contributed by atoms with Crippen molar-refractivity contribution < 1.29 is 31.2 Å². The molecule has 0 amide bonds. The Kier molecular flexibility index (Phi) is 8.04. The van der Waals surface area contributed by atoms with Crippen molar-refractivity contribution in [3.63, 3.8) is 0 Å². The van der Waals surface area contributed by atoms with Gasteiger partial charge >= 0.3 is 13.8 Å². The van der Waals surface area contributed by atoms with Crippen molar-refractivity contribution in [1.82, 2.24) is 9.78 Å². The van der Waals surface area contributed by atoms with Gasteiger partial charge in [0.05, 0.1) is 22.3 Å². The molecule has 172 valence electrons. The van der Waals surface area contributed by atoms with Gasteiger partial charge in [-0.25, -0.2) is 4.39 Å². The smallest absolute Gasteiger partial charge is 0.303 e. The molecule has 0 saturated heterocycles. The predicted molar refractivity (Wildman–Crippen MR) is 113 cm³/mol. The molecule has 5 nitrogen and oxygen atoms in total. The summed E-state index contributed by atoms with van der Waals surface area (Å²) >= 11 is 11.9. The van der Waals surface area contributed by atoms with Crippen molar-refractivity contribution in [2.45, 2.75) is 46.1 Å². The third-order valence-electron chi connectivity index (χ3n) is 3.75. The Morgan fingerprint density at radius 2 is 1.68 bits per heavy atom. The fourth-order valence-corrected chi connectivity index (χ4v) is 5.00. The Morgan fingerprint density at radius 3 is 2.13 bits per heavy atom. The predicted octanol–water partition coefficient (Wildman–Crippen LogP) is 7.57. The molecule has 0 aliphatic rings. The van der Waals surface area contributed by atoms with Crippen LogP contribution in [0.1, 0.15) is 39.0 Å². The van der Waals surface area contributed by atoms with E-state index in [2.05, 4.69) is 5.10 Å². The summed E-state index contributed by atoms with van der Waals surface area (Å²) in [5.41, 5.74) is -1.76. The maximum absolute atomic E-state index is 14.6. The van der Waals surface area contributed by atoms with Crippen molar-refractivity contribution in [2.24, 2.45) is 7.05 Å². The van der Waals surface area contributed by atoms with E-state index in [-0.39, 0.29) is 16.1 Å². The number of nitrogens with zero attached hydrogens (tertiary/aromatic N) is 2. The molecule has 1 aromatic carbocycles. The molecule has 1 aromatic heterocycles. The number of hydrogen-bond donors (Lipinski definition) is 0. The summed E-state index contributed by atoms with van der Waals surface area (Å²) in [6, 6.07) is 2.07. The molecule has 2 rings (SSSR count). The highest BCUT2D eigenvalue weighted by atomic mass is 35.5. The standard InChI is InChI=1S/C19H21Cl2F4N2O3P/c1-10(2)29-31(28,30-11(3)4)7-6-12-8-13(15(22)9-14(12)20)17-16(21)18(19(23,24)25)27(5)26-17/h6-11H,1-5H3. The van der Waals surface area contributed by atoms with E-state index in [1.165, 1.54) is 6.08 Å². The Morgan fingerprint density at radius 1 is 1.13 bits per heavy atom. The van der Waals surface area contributed by atoms with Gasteiger partial charge in [-0.05, 0) is 51.5 Å². The molecule has 0 radical (unpaired) electrons. The molecule has 12 heteroatoms. The zero-order valence-corrected chi connectivity index (χ0v) is 19.7. The van der Waals surface area contributed by atoms with E-state index in [9.17, 15) is 22.1 Å². The number of rotatable bonds is 7. The lowest BCUT2D eigenvalue weighted by Gasteiger charge is -2.19. The summed E-state index contributed by atoms with van der Waals surface area (Å²) < 4.78 is 78.4. The Hall–Kier alpha value is -1.38. The Bertz CT molecular complexity index is 1020. The average Bonchev–Trinajstić information content (AvgIpc) is 2.86. The maximum Gasteiger partial charge on any atom is 0.434 e. The van der Waals surface area contributed by atoms with Crippen LogP contribution < -0.4 is 0 Å². The van der Waals surface area contributed by atoms with E-state index < -0.39 is 48.2 Å². The molecule has 2 aromatic rings. The first kappa shape index (κ1) is 25.9. The molecule has 31 heavy (non-hydrogen) atoms. The molecule has 0 bridgehead atoms. The highest BCUT2D eigenvalue weighted by molar-refractivity contribution is 7.57. The minimum atomic E-state index is -4.78. The van der Waals surface area contributed by atoms with E-state index >= 15 is 0 Å². The van der Waals surface area contributed by atoms with E-state index in [1.54, 1.807) is 27.7 Å². The lowest BCUT2D eigenvalue weighted by molar-refractivity contribution is -0.143. The zero-order valence-electron chi connectivity index (χ0n) is 17.3. The van der Waals surface area contributed by atoms with Crippen LogP contribution in [0.2, 0.25) is 10.0 Å². The number of aromatic nitrogens is 2. The van der Waals surface area contributed by atoms with Gasteiger partial charge in [-0.1, -0.05) is 23.2 Å². The maximum atomic E-state index is 14.6. The Labute approximate surface area is 187 Å². The number of hydrogen-bond acceptors (Lipinski definition) is 4. The molecular weight excluding hydrogens is 482 g/mol. The van der Waals surface area contributed by atoms with Gasteiger partial charge in [0.25, 0.3) is 0 Å². The fraction of sp³-hybridized carbons (Fsp3) is 0.421. The van der Waals surface area contributed by atoms with Gasteiger partial charge in [0.1, 0.15) is 11.5 Å². The third kappa shape index (κ3) is 6.33. The number of alkyl halides is 3. The largest absolute Gasteiger partial charge is 0.434 e. The van der Waals surface area contributed by atoms with E-state index in [0.717, 1.165) is 25.0 Å². The third-order valence-corrected chi connectivity index (χ3v) is 6.38. The van der Waals surface area contributed by atoms with Gasteiger partial charge in [0.15, 0.2) is 5.69 Å². The molecule has 0 spiro atoms. The van der Waals surface area contributed by atoms with Gasteiger partial charge in [0.2, 0.25) is 0 Å². The van der Waals surface area contributed by atoms with E-state index in [4.69, 9.17) is 32.2 Å². The van der Waals surface area contributed by atoms with Crippen LogP contribution in [0.5, 0.6) is 0 Å². The van der Waals surface area contributed by atoms with Gasteiger partial charge < -0.3 is 9.05 Å². The van der Waals surface area contributed by atoms with Crippen LogP contribution in [0.25, 0.3) is 17.3 Å². The topological polar surface area (TPSA) is 53.3 Å². The molecule has 0 aliphatic carbocycles. The molecule has 0 unspecified atom stereocenters. The highest BCUT2D eigenvalue weighted by Gasteiger charge is 2.39. The second-order valence-electron chi connectivity index (χ2n) is 7.15. The molecule has 0 N–H and O–H groups in total. The van der Waals surface area contributed by atoms with Crippen molar-refractivity contribution in [3.8, 4) is 11.3 Å². The summed E-state index contributed by atoms with van der Waals surface area (Å²) in [4.78, 5) is 0. The van der Waals surface area contributed by atoms with Gasteiger partial charge in [-0.3, -0.25) is 9.25 Å². The van der Waals surface area contributed by atoms with E-state index in [1.807, 2.05) is 0 Å². The second kappa shape index (κ2) is 9.63. The van der Waals surface area contributed by atoms with Crippen LogP contribution in [-0.4, -0.2) is 22.0 Å². The molecule has 0 aliphatic heterocycles. The molecule has 0 saturated carbocycles. The highest BCUT2D eigenvalue weighted by Crippen LogP contribution is 2.52. The monoisotopic (exact) mass is 502 g/mol. The van der Waals surface area contributed by atoms with Crippen LogP contribution in [-0.2, 0) is 26.8 Å². The molecule has 0 atom stereocenters. The number of halogens is 6. The second-order valence-corrected chi connectivity index (χ2v) is 9.73. The number of benzene rings is 1. The first-order valence-electron chi connectivity index (χ1n) is 9.09. The minimum absolute atomic E-state index is 0.0683. The first-order chi connectivity index (χ1) is 14.1. The van der Waals surface area contributed by atoms with Crippen molar-refractivity contribution in [2.75, 3.05) is 0 Å². The quantitative estimate of drug-likeness (QED) is 0.289. The summed E-state index contributed by atoms with van der Waals surface area (Å²) in [6.45, 7) is 6.70. The van der Waals surface area contributed by atoms with Gasteiger partial charge in [-0.2, -0.15) is 18.3 Å². The minimum Gasteiger partial charge on any atom is -0.303 e. The van der Waals surface area contributed by atoms with Crippen LogP contribution in [0.15, 0.2) is 17.9 Å². The summed E-state index contributed by atoms with van der Waals surface area (Å²) in [5.74, 6) is 0.243. The van der Waals surface area contributed by atoms with Crippen LogP contribution in [0, 0.1) is 5.82 Å². The molecular formula is C19H21Cl2F4N2O3P. The van der Waals surface area contributed by atoms with Gasteiger partial charge in [0, 0.05) is 18.4 Å². The SMILES string of the molecule is CC(C)OP(=O)(C=Cc1cc(-c2nn(C)c(C(F)(F)F)c2Cl)c(F)cc1Cl)OC(C)C. The van der Waals surface area contributed by atoms with Crippen molar-refractivity contribution in [3.05, 3.63) is 45.1 Å². The summed E-state index contributed by atoms with van der Waals surface area (Å²) in [5, 5.41) is 2.90. The zero-order chi connectivity index (χ0) is 23.7. The van der Waals surface area contributed by atoms with E-state index in [0.29, 0.717) is 4.68 Å². The molecule has 1 heterocycles. The lowest BCUT2D eigenvalue weighted by Crippen LogP contribution is -2.12.